The van der Waals surface area contributed by atoms with Crippen LogP contribution < -0.4 is 0 Å². The minimum Gasteiger partial charge on any atom is -0.203 e. The van der Waals surface area contributed by atoms with Crippen LogP contribution in [-0.4, -0.2) is 0 Å². The highest BCUT2D eigenvalue weighted by atomic mass is 19.2. The molecule has 0 fully saturated rings. The molecule has 0 saturated heterocycles. The molecule has 0 spiro atoms. The lowest BCUT2D eigenvalue weighted by Gasteiger charge is -2.38. The van der Waals surface area contributed by atoms with Crippen molar-refractivity contribution in [3.8, 4) is 0 Å². The lowest BCUT2D eigenvalue weighted by Crippen LogP contribution is -2.27. The maximum atomic E-state index is 14.8. The van der Waals surface area contributed by atoms with Gasteiger partial charge in [-0.1, -0.05) is 84.0 Å². The van der Waals surface area contributed by atoms with Crippen LogP contribution in [-0.2, 0) is 12.8 Å². The van der Waals surface area contributed by atoms with Crippen molar-refractivity contribution in [3.05, 3.63) is 129 Å². The summed E-state index contributed by atoms with van der Waals surface area (Å²) in [7, 11) is 0. The monoisotopic (exact) mass is 406 g/mol. The number of benzene rings is 3. The van der Waals surface area contributed by atoms with Crippen LogP contribution in [0.2, 0.25) is 0 Å². The third-order valence-corrected chi connectivity index (χ3v) is 6.03. The van der Waals surface area contributed by atoms with Crippen molar-refractivity contribution >= 4 is 0 Å². The van der Waals surface area contributed by atoms with Crippen LogP contribution in [0.1, 0.15) is 34.1 Å². The van der Waals surface area contributed by atoms with Gasteiger partial charge in [0, 0.05) is 23.0 Å². The van der Waals surface area contributed by atoms with Gasteiger partial charge in [-0.05, 0) is 24.0 Å². The van der Waals surface area contributed by atoms with Gasteiger partial charge in [-0.3, -0.25) is 0 Å². The molecular weight excluding hydrogens is 388 g/mol. The first kappa shape index (κ1) is 18.9. The van der Waals surface area contributed by atoms with Gasteiger partial charge in [0.2, 0.25) is 0 Å². The zero-order chi connectivity index (χ0) is 20.8. The molecular formula is C26H18F4. The van der Waals surface area contributed by atoms with E-state index >= 15 is 0 Å². The maximum absolute atomic E-state index is 14.8. The molecule has 2 bridgehead atoms. The summed E-state index contributed by atoms with van der Waals surface area (Å²) in [6.07, 6.45) is 4.88. The summed E-state index contributed by atoms with van der Waals surface area (Å²) >= 11 is 0. The van der Waals surface area contributed by atoms with Crippen LogP contribution in [0, 0.1) is 23.3 Å². The zero-order valence-electron chi connectivity index (χ0n) is 16.0. The van der Waals surface area contributed by atoms with E-state index in [0.717, 1.165) is 22.3 Å². The van der Waals surface area contributed by atoms with Crippen LogP contribution in [0.5, 0.6) is 0 Å². The highest BCUT2D eigenvalue weighted by Gasteiger charge is 2.41. The number of hydrogen-bond acceptors (Lipinski definition) is 0. The first-order valence-electron chi connectivity index (χ1n) is 9.89. The molecule has 0 N–H and O–H groups in total. The van der Waals surface area contributed by atoms with Crippen molar-refractivity contribution in [2.24, 2.45) is 0 Å². The predicted octanol–water partition coefficient (Wildman–Crippen LogP) is 6.78. The quantitative estimate of drug-likeness (QED) is 0.194. The molecule has 0 nitrogen and oxygen atoms in total. The topological polar surface area (TPSA) is 0 Å². The SMILES string of the molecule is Fc1c(F)c(F)c2c(c1F)[C@@H]1C=C(Cc3ccccc3)[C@H]2C=C1Cc1ccccc1. The Balaban J connectivity index is 1.62. The molecule has 0 unspecified atom stereocenters. The Morgan fingerprint density at radius 3 is 1.23 bits per heavy atom. The molecule has 3 aliphatic carbocycles. The van der Waals surface area contributed by atoms with E-state index in [9.17, 15) is 17.6 Å². The molecule has 0 aliphatic heterocycles. The minimum absolute atomic E-state index is 0.0679. The fraction of sp³-hybridized carbons (Fsp3) is 0.154. The average molecular weight is 406 g/mol. The standard InChI is InChI=1S/C26H18F4/c27-23-21-19-14-18(12-16-9-5-2-6-10-16)20(22(21)24(28)26(30)25(23)29)13-17(19)11-15-7-3-1-4-8-15/h1-10,13-14,19-20H,11-12H2/t19-,20-/m1/s1. The van der Waals surface area contributed by atoms with Gasteiger partial charge < -0.3 is 0 Å². The van der Waals surface area contributed by atoms with Crippen LogP contribution >= 0.6 is 0 Å². The third-order valence-electron chi connectivity index (χ3n) is 6.03. The predicted molar refractivity (Wildman–Crippen MR) is 108 cm³/mol. The van der Waals surface area contributed by atoms with E-state index in [0.29, 0.717) is 12.8 Å². The van der Waals surface area contributed by atoms with E-state index in [1.807, 2.05) is 72.8 Å². The molecule has 0 amide bonds. The van der Waals surface area contributed by atoms with Crippen molar-refractivity contribution in [1.82, 2.24) is 0 Å². The lowest BCUT2D eigenvalue weighted by molar-refractivity contribution is 0.393. The molecule has 30 heavy (non-hydrogen) atoms. The summed E-state index contributed by atoms with van der Waals surface area (Å²) in [6, 6.07) is 19.3. The molecule has 6 rings (SSSR count). The maximum Gasteiger partial charge on any atom is 0.197 e. The van der Waals surface area contributed by atoms with Gasteiger partial charge in [0.05, 0.1) is 0 Å². The second kappa shape index (κ2) is 7.28. The fourth-order valence-electron chi connectivity index (χ4n) is 4.66. The van der Waals surface area contributed by atoms with Gasteiger partial charge in [0.25, 0.3) is 0 Å². The number of halogens is 4. The van der Waals surface area contributed by atoms with Crippen LogP contribution in [0.15, 0.2) is 84.0 Å². The van der Waals surface area contributed by atoms with E-state index in [2.05, 4.69) is 0 Å². The van der Waals surface area contributed by atoms with Gasteiger partial charge in [0.15, 0.2) is 23.3 Å². The van der Waals surface area contributed by atoms with Gasteiger partial charge in [-0.25, -0.2) is 17.6 Å². The van der Waals surface area contributed by atoms with Gasteiger partial charge in [-0.2, -0.15) is 0 Å². The number of allylic oxidation sites excluding steroid dienone is 4. The Hall–Kier alpha value is -3.14. The minimum atomic E-state index is -1.74. The molecule has 3 aromatic carbocycles. The number of hydrogen-bond donors (Lipinski definition) is 0. The summed E-state index contributed by atoms with van der Waals surface area (Å²) in [5.41, 5.74) is 3.67. The Morgan fingerprint density at radius 2 is 0.867 bits per heavy atom. The van der Waals surface area contributed by atoms with E-state index in [-0.39, 0.29) is 11.1 Å². The van der Waals surface area contributed by atoms with E-state index in [1.165, 1.54) is 0 Å². The van der Waals surface area contributed by atoms with Gasteiger partial charge in [0.1, 0.15) is 0 Å². The molecule has 0 aromatic heterocycles. The van der Waals surface area contributed by atoms with Gasteiger partial charge in [-0.15, -0.1) is 0 Å². The summed E-state index contributed by atoms with van der Waals surface area (Å²) in [6.45, 7) is 0. The second-order valence-electron chi connectivity index (χ2n) is 7.85. The first-order chi connectivity index (χ1) is 14.5. The van der Waals surface area contributed by atoms with Crippen LogP contribution in [0.25, 0.3) is 0 Å². The van der Waals surface area contributed by atoms with Crippen molar-refractivity contribution in [2.75, 3.05) is 0 Å². The fourth-order valence-corrected chi connectivity index (χ4v) is 4.66. The average Bonchev–Trinajstić information content (AvgIpc) is 2.78. The summed E-state index contributed by atoms with van der Waals surface area (Å²) in [5.74, 6) is -7.28. The van der Waals surface area contributed by atoms with Crippen molar-refractivity contribution < 1.29 is 17.6 Å². The molecule has 0 saturated carbocycles. The lowest BCUT2D eigenvalue weighted by atomic mass is 9.66. The summed E-state index contributed by atoms with van der Waals surface area (Å²) in [4.78, 5) is 0. The Kier molecular flexibility index (Phi) is 4.58. The largest absolute Gasteiger partial charge is 0.203 e. The molecule has 150 valence electrons. The first-order valence-corrected chi connectivity index (χ1v) is 9.89. The highest BCUT2D eigenvalue weighted by Crippen LogP contribution is 2.52. The van der Waals surface area contributed by atoms with Crippen molar-refractivity contribution in [1.29, 1.82) is 0 Å². The second-order valence-corrected chi connectivity index (χ2v) is 7.85. The van der Waals surface area contributed by atoms with Crippen LogP contribution in [0.4, 0.5) is 17.6 Å². The normalized spacial score (nSPS) is 19.3. The highest BCUT2D eigenvalue weighted by molar-refractivity contribution is 5.59. The molecule has 2 atom stereocenters. The van der Waals surface area contributed by atoms with Crippen molar-refractivity contribution in [3.63, 3.8) is 0 Å². The summed E-state index contributed by atoms with van der Waals surface area (Å²) < 4.78 is 57.8. The third kappa shape index (κ3) is 2.98. The smallest absolute Gasteiger partial charge is 0.197 e. The summed E-state index contributed by atoms with van der Waals surface area (Å²) in [5, 5.41) is 0. The molecule has 0 heterocycles. The Bertz CT molecular complexity index is 1080. The van der Waals surface area contributed by atoms with Gasteiger partial charge >= 0.3 is 0 Å². The molecule has 4 heteroatoms. The Morgan fingerprint density at radius 1 is 0.500 bits per heavy atom. The molecule has 3 aliphatic rings. The molecule has 0 radical (unpaired) electrons. The van der Waals surface area contributed by atoms with E-state index in [1.54, 1.807) is 0 Å². The van der Waals surface area contributed by atoms with Crippen molar-refractivity contribution in [2.45, 2.75) is 24.7 Å². The van der Waals surface area contributed by atoms with Crippen LogP contribution in [0.3, 0.4) is 0 Å². The zero-order valence-corrected chi connectivity index (χ0v) is 16.0. The van der Waals surface area contributed by atoms with E-state index in [4.69, 9.17) is 0 Å². The molecule has 3 aromatic rings. The number of rotatable bonds is 4. The Labute approximate surface area is 172 Å². The van der Waals surface area contributed by atoms with E-state index < -0.39 is 35.1 Å².